The molecule has 0 unspecified atom stereocenters. The molecular formula is C44H45ClF4N6O5. The molecule has 0 N–H and O–H groups in total. The zero-order valence-electron chi connectivity index (χ0n) is 34.2. The van der Waals surface area contributed by atoms with E-state index in [-0.39, 0.29) is 53.2 Å². The summed E-state index contributed by atoms with van der Waals surface area (Å²) in [4.78, 5) is 32.6. The van der Waals surface area contributed by atoms with Crippen LogP contribution in [0.25, 0.3) is 22.2 Å². The zero-order chi connectivity index (χ0) is 42.8. The summed E-state index contributed by atoms with van der Waals surface area (Å²) in [7, 11) is 3.11. The van der Waals surface area contributed by atoms with Gasteiger partial charge in [0, 0.05) is 19.6 Å². The molecule has 316 valence electrons. The molecule has 0 spiro atoms. The van der Waals surface area contributed by atoms with Crippen LogP contribution in [0.15, 0.2) is 60.9 Å². The summed E-state index contributed by atoms with van der Waals surface area (Å²) < 4.78 is 86.3. The van der Waals surface area contributed by atoms with Crippen molar-refractivity contribution in [2.45, 2.75) is 96.6 Å². The number of amides is 1. The highest BCUT2D eigenvalue weighted by molar-refractivity contribution is 6.36. The van der Waals surface area contributed by atoms with Crippen LogP contribution in [0.3, 0.4) is 0 Å². The third kappa shape index (κ3) is 7.45. The number of hydrogen-bond acceptors (Lipinski definition) is 10. The van der Waals surface area contributed by atoms with Crippen LogP contribution in [0.4, 0.5) is 34.0 Å². The molecule has 16 heteroatoms. The second-order valence-electron chi connectivity index (χ2n) is 16.5. The Morgan fingerprint density at radius 1 is 0.967 bits per heavy atom. The van der Waals surface area contributed by atoms with Gasteiger partial charge in [0.2, 0.25) is 0 Å². The van der Waals surface area contributed by atoms with E-state index in [9.17, 15) is 4.79 Å². The first-order valence-corrected chi connectivity index (χ1v) is 20.1. The van der Waals surface area contributed by atoms with Gasteiger partial charge in [-0.3, -0.25) is 4.90 Å². The molecule has 2 fully saturated rings. The number of fused-ring (bicyclic) bond motifs is 5. The van der Waals surface area contributed by atoms with Gasteiger partial charge in [-0.2, -0.15) is 13.2 Å². The number of nitrogens with zero attached hydrogens (tertiary/aromatic N) is 6. The molecule has 60 heavy (non-hydrogen) atoms. The molecule has 2 bridgehead atoms. The van der Waals surface area contributed by atoms with Crippen LogP contribution in [0.1, 0.15) is 62.8 Å². The quantitative estimate of drug-likeness (QED) is 0.140. The van der Waals surface area contributed by atoms with Crippen LogP contribution >= 0.6 is 11.6 Å². The van der Waals surface area contributed by atoms with E-state index in [0.717, 1.165) is 11.1 Å². The van der Waals surface area contributed by atoms with E-state index in [1.54, 1.807) is 71.1 Å². The number of aromatic nitrogens is 3. The topological polar surface area (TPSA) is 102 Å². The highest BCUT2D eigenvalue weighted by atomic mass is 35.5. The number of ether oxygens (including phenoxy) is 4. The number of piperazine rings is 1. The van der Waals surface area contributed by atoms with Crippen molar-refractivity contribution in [3.63, 3.8) is 0 Å². The molecule has 2 aromatic heterocycles. The molecular weight excluding hydrogens is 804 g/mol. The van der Waals surface area contributed by atoms with E-state index in [4.69, 9.17) is 30.5 Å². The van der Waals surface area contributed by atoms with Crippen LogP contribution in [0.5, 0.6) is 17.2 Å². The first-order chi connectivity index (χ1) is 28.5. The van der Waals surface area contributed by atoms with Gasteiger partial charge >= 0.3 is 12.3 Å². The van der Waals surface area contributed by atoms with Crippen LogP contribution in [0, 0.1) is 12.7 Å². The number of carbonyl (C=O) groups is 1. The maximum atomic E-state index is 17.4. The lowest BCUT2D eigenvalue weighted by molar-refractivity contribution is -0.137. The van der Waals surface area contributed by atoms with Crippen molar-refractivity contribution in [1.82, 2.24) is 19.9 Å². The number of pyridine rings is 1. The van der Waals surface area contributed by atoms with Gasteiger partial charge in [0.1, 0.15) is 46.7 Å². The SMILES string of the molecule is COc1ccc(CN(Cc2ccc(OC)cc2)c2cc(C)c(C(F)(F)F)c(-c3c(Cl)c4c5c(ncnc5c3F)N3C[C@H]5CC[C@@H]([C@H]3[C@H](C)O4)N5C(=O)OC(C)(C)C)n2)cc1. The Morgan fingerprint density at radius 2 is 1.58 bits per heavy atom. The summed E-state index contributed by atoms with van der Waals surface area (Å²) in [5, 5.41) is -0.270. The third-order valence-corrected chi connectivity index (χ3v) is 11.7. The highest BCUT2D eigenvalue weighted by Crippen LogP contribution is 2.52. The predicted molar refractivity (Wildman–Crippen MR) is 219 cm³/mol. The fourth-order valence-corrected chi connectivity index (χ4v) is 9.15. The number of alkyl halides is 3. The Hall–Kier alpha value is -5.57. The normalized spacial score (nSPS) is 19.7. The molecule has 0 saturated carbocycles. The van der Waals surface area contributed by atoms with E-state index in [0.29, 0.717) is 36.7 Å². The first kappa shape index (κ1) is 41.2. The molecule has 1 amide bonds. The maximum Gasteiger partial charge on any atom is 0.418 e. The summed E-state index contributed by atoms with van der Waals surface area (Å²) >= 11 is 7.15. The monoisotopic (exact) mass is 848 g/mol. The van der Waals surface area contributed by atoms with Crippen LogP contribution in [-0.2, 0) is 24.0 Å². The van der Waals surface area contributed by atoms with Crippen molar-refractivity contribution in [2.75, 3.05) is 30.6 Å². The number of halogens is 5. The Labute approximate surface area is 350 Å². The van der Waals surface area contributed by atoms with E-state index >= 15 is 17.6 Å². The number of carbonyl (C=O) groups excluding carboxylic acids is 1. The van der Waals surface area contributed by atoms with E-state index < -0.39 is 57.7 Å². The van der Waals surface area contributed by atoms with E-state index in [1.807, 2.05) is 34.1 Å². The lowest BCUT2D eigenvalue weighted by Crippen LogP contribution is -2.65. The minimum atomic E-state index is -4.96. The van der Waals surface area contributed by atoms with Gasteiger partial charge in [0.05, 0.1) is 59.6 Å². The van der Waals surface area contributed by atoms with Crippen molar-refractivity contribution in [2.24, 2.45) is 0 Å². The molecule has 2 saturated heterocycles. The Bertz CT molecular complexity index is 2400. The van der Waals surface area contributed by atoms with Crippen molar-refractivity contribution in [1.29, 1.82) is 0 Å². The lowest BCUT2D eigenvalue weighted by Gasteiger charge is -2.48. The minimum Gasteiger partial charge on any atom is -0.497 e. The van der Waals surface area contributed by atoms with Crippen molar-refractivity contribution in [3.8, 4) is 28.5 Å². The van der Waals surface area contributed by atoms with Crippen molar-refractivity contribution in [3.05, 3.63) is 94.0 Å². The van der Waals surface area contributed by atoms with Crippen LogP contribution in [-0.4, -0.2) is 76.5 Å². The van der Waals surface area contributed by atoms with Crippen LogP contribution in [0.2, 0.25) is 5.02 Å². The molecule has 3 aromatic carbocycles. The predicted octanol–water partition coefficient (Wildman–Crippen LogP) is 9.77. The number of methoxy groups -OCH3 is 2. The second-order valence-corrected chi connectivity index (χ2v) is 16.9. The first-order valence-electron chi connectivity index (χ1n) is 19.7. The largest absolute Gasteiger partial charge is 0.497 e. The van der Waals surface area contributed by atoms with Crippen molar-refractivity contribution >= 4 is 40.2 Å². The molecule has 5 aromatic rings. The molecule has 0 radical (unpaired) electrons. The Balaban J connectivity index is 1.28. The minimum absolute atomic E-state index is 0.0634. The number of aryl methyl sites for hydroxylation is 1. The van der Waals surface area contributed by atoms with Gasteiger partial charge in [-0.1, -0.05) is 35.9 Å². The lowest BCUT2D eigenvalue weighted by atomic mass is 9.97. The summed E-state index contributed by atoms with van der Waals surface area (Å²) in [6.07, 6.45) is -3.57. The molecule has 4 atom stereocenters. The van der Waals surface area contributed by atoms with Gasteiger partial charge < -0.3 is 28.7 Å². The third-order valence-electron chi connectivity index (χ3n) is 11.4. The summed E-state index contributed by atoms with van der Waals surface area (Å²) in [5.74, 6) is 0.582. The van der Waals surface area contributed by atoms with Crippen molar-refractivity contribution < 1.29 is 41.3 Å². The van der Waals surface area contributed by atoms with Gasteiger partial charge in [0.25, 0.3) is 0 Å². The van der Waals surface area contributed by atoms with E-state index in [1.165, 1.54) is 19.3 Å². The molecule has 5 heterocycles. The van der Waals surface area contributed by atoms with Gasteiger partial charge in [0.15, 0.2) is 11.6 Å². The molecule has 3 aliphatic rings. The standard InChI is InChI=1S/C44H45ClF4N6O5/c1-23-18-31(53(19-25-8-13-28(57-6)14-9-25)20-26-10-15-29(58-7)16-11-26)52-37(34(23)44(47,48)49)32-35(45)40-33-38(36(32)46)50-22-51-41(33)54-21-27-12-17-30(39(54)24(2)59-40)55(27)42(56)60-43(3,4)5/h8-11,13-16,18,22,24,27,30,39H,12,17,19-21H2,1-7H3/t24-,27+,30-,39+/m0/s1. The molecule has 8 rings (SSSR count). The fourth-order valence-electron chi connectivity index (χ4n) is 8.83. The Kier molecular flexibility index (Phi) is 10.6. The number of anilines is 2. The zero-order valence-corrected chi connectivity index (χ0v) is 35.0. The van der Waals surface area contributed by atoms with Crippen LogP contribution < -0.4 is 24.0 Å². The number of benzene rings is 3. The molecule has 3 aliphatic heterocycles. The number of hydrogen-bond donors (Lipinski definition) is 0. The number of rotatable bonds is 8. The molecule has 0 aliphatic carbocycles. The molecule has 11 nitrogen and oxygen atoms in total. The smallest absolute Gasteiger partial charge is 0.418 e. The average Bonchev–Trinajstić information content (AvgIpc) is 3.44. The fraction of sp³-hybridized carbons (Fsp3) is 0.409. The summed E-state index contributed by atoms with van der Waals surface area (Å²) in [6, 6.07) is 14.9. The van der Waals surface area contributed by atoms with E-state index in [2.05, 4.69) is 15.0 Å². The summed E-state index contributed by atoms with van der Waals surface area (Å²) in [6.45, 7) is 9.32. The van der Waals surface area contributed by atoms with Gasteiger partial charge in [-0.25, -0.2) is 24.1 Å². The highest BCUT2D eigenvalue weighted by Gasteiger charge is 2.54. The average molecular weight is 849 g/mol. The summed E-state index contributed by atoms with van der Waals surface area (Å²) in [5.41, 5.74) is -1.99. The maximum absolute atomic E-state index is 17.4. The second kappa shape index (κ2) is 15.5. The van der Waals surface area contributed by atoms with Gasteiger partial charge in [-0.15, -0.1) is 0 Å². The Morgan fingerprint density at radius 3 is 2.15 bits per heavy atom. The van der Waals surface area contributed by atoms with Gasteiger partial charge in [-0.05, 0) is 94.5 Å².